The molecule has 1 saturated heterocycles. The first-order valence-corrected chi connectivity index (χ1v) is 14.7. The van der Waals surface area contributed by atoms with Gasteiger partial charge < -0.3 is 9.52 Å². The van der Waals surface area contributed by atoms with Gasteiger partial charge in [-0.15, -0.1) is 0 Å². The molecule has 1 aliphatic heterocycles. The molecular formula is C30H37NO6S. The van der Waals surface area contributed by atoms with E-state index in [2.05, 4.69) is 20.8 Å². The van der Waals surface area contributed by atoms with Crippen LogP contribution in [0.25, 0.3) is 0 Å². The topological polar surface area (TPSA) is 97.1 Å². The minimum atomic E-state index is -1.10. The summed E-state index contributed by atoms with van der Waals surface area (Å²) in [6.07, 6.45) is 11.0. The summed E-state index contributed by atoms with van der Waals surface area (Å²) >= 11 is 1.04. The number of thioether (sulfide) groups is 1. The van der Waals surface area contributed by atoms with Gasteiger partial charge >= 0.3 is 0 Å². The molecule has 1 aromatic heterocycles. The predicted molar refractivity (Wildman–Crippen MR) is 143 cm³/mol. The van der Waals surface area contributed by atoms with E-state index < -0.39 is 27.9 Å². The Morgan fingerprint density at radius 3 is 2.74 bits per heavy atom. The Balaban J connectivity index is 1.40. The maximum absolute atomic E-state index is 14.2. The average Bonchev–Trinajstić information content (AvgIpc) is 3.55. The van der Waals surface area contributed by atoms with Crippen LogP contribution >= 0.6 is 11.8 Å². The second-order valence-electron chi connectivity index (χ2n) is 12.7. The van der Waals surface area contributed by atoms with Crippen LogP contribution in [0.1, 0.15) is 58.9 Å². The average molecular weight is 540 g/mol. The van der Waals surface area contributed by atoms with Crippen molar-refractivity contribution in [3.05, 3.63) is 48.0 Å². The molecule has 0 amide bonds. The molecule has 5 aliphatic rings. The summed E-state index contributed by atoms with van der Waals surface area (Å²) in [6, 6.07) is 1.90. The van der Waals surface area contributed by atoms with Crippen LogP contribution in [0.3, 0.4) is 0 Å². The van der Waals surface area contributed by atoms with Crippen molar-refractivity contribution in [1.29, 1.82) is 0 Å². The van der Waals surface area contributed by atoms with E-state index in [1.807, 2.05) is 17.2 Å². The third-order valence-corrected chi connectivity index (χ3v) is 12.0. The van der Waals surface area contributed by atoms with Gasteiger partial charge in [-0.05, 0) is 55.7 Å². The number of Topliss-reactive ketones (excluding diaryl/α,β-unsaturated/α-hetero) is 1. The number of furan rings is 1. The Bertz CT molecular complexity index is 1240. The fourth-order valence-corrected chi connectivity index (χ4v) is 9.76. The van der Waals surface area contributed by atoms with E-state index in [0.29, 0.717) is 19.5 Å². The van der Waals surface area contributed by atoms with Crippen LogP contribution in [-0.4, -0.2) is 50.9 Å². The lowest BCUT2D eigenvalue weighted by atomic mass is 9.39. The maximum Gasteiger partial charge on any atom is 0.186 e. The molecule has 204 valence electrons. The number of carbonyl (C=O) groups excluding carboxylic acids is 3. The summed E-state index contributed by atoms with van der Waals surface area (Å²) in [7, 11) is 0. The smallest absolute Gasteiger partial charge is 0.186 e. The third-order valence-electron chi connectivity index (χ3n) is 11.2. The van der Waals surface area contributed by atoms with E-state index in [9.17, 15) is 19.5 Å². The summed E-state index contributed by atoms with van der Waals surface area (Å²) < 4.78 is 5.25. The highest BCUT2D eigenvalue weighted by Crippen LogP contribution is 2.74. The van der Waals surface area contributed by atoms with Crippen molar-refractivity contribution < 1.29 is 28.7 Å². The molecule has 0 bridgehead atoms. The first-order chi connectivity index (χ1) is 18.0. The lowest BCUT2D eigenvalue weighted by Gasteiger charge is -2.65. The molecule has 4 aliphatic carbocycles. The molecule has 2 heterocycles. The molecule has 6 rings (SSSR count). The number of carbonyl (C=O) groups is 3. The lowest BCUT2D eigenvalue weighted by Crippen LogP contribution is -2.66. The van der Waals surface area contributed by atoms with E-state index >= 15 is 0 Å². The fourth-order valence-electron chi connectivity index (χ4n) is 9.21. The Kier molecular flexibility index (Phi) is 6.04. The highest BCUT2D eigenvalue weighted by Gasteiger charge is 2.77. The van der Waals surface area contributed by atoms with Crippen LogP contribution in [0.2, 0.25) is 0 Å². The quantitative estimate of drug-likeness (QED) is 0.584. The number of aliphatic hydroxyl groups is 1. The van der Waals surface area contributed by atoms with Gasteiger partial charge in [-0.25, -0.2) is 0 Å². The summed E-state index contributed by atoms with van der Waals surface area (Å²) in [5.74, 6) is 0.340. The molecule has 3 saturated carbocycles. The van der Waals surface area contributed by atoms with Gasteiger partial charge in [0, 0.05) is 41.2 Å². The summed E-state index contributed by atoms with van der Waals surface area (Å²) in [4.78, 5) is 45.0. The molecule has 7 nitrogen and oxygen atoms in total. The molecular weight excluding hydrogens is 502 g/mol. The minimum Gasteiger partial charge on any atom is -0.472 e. The van der Waals surface area contributed by atoms with Crippen LogP contribution in [0.15, 0.2) is 46.8 Å². The number of ketones is 2. The lowest BCUT2D eigenvalue weighted by molar-refractivity contribution is -0.263. The third kappa shape index (κ3) is 3.36. The van der Waals surface area contributed by atoms with E-state index in [1.54, 1.807) is 24.7 Å². The molecule has 8 heteroatoms. The Morgan fingerprint density at radius 2 is 2.03 bits per heavy atom. The van der Waals surface area contributed by atoms with Crippen molar-refractivity contribution >= 4 is 28.4 Å². The van der Waals surface area contributed by atoms with Crippen molar-refractivity contribution in [2.75, 3.05) is 12.3 Å². The maximum atomic E-state index is 14.2. The summed E-state index contributed by atoms with van der Waals surface area (Å²) in [6.45, 7) is 9.12. The van der Waals surface area contributed by atoms with Crippen molar-refractivity contribution in [2.24, 2.45) is 34.0 Å². The first-order valence-electron chi connectivity index (χ1n) is 13.7. The number of hydroxylamine groups is 2. The second-order valence-corrected chi connectivity index (χ2v) is 13.8. The molecule has 0 radical (unpaired) electrons. The number of hydrogen-bond acceptors (Lipinski definition) is 8. The van der Waals surface area contributed by atoms with Crippen LogP contribution < -0.4 is 0 Å². The standard InChI is InChI=1S/C30H37NO6S/c1-18(32)38-17-26(35)30-21(15-31(37-30)14-19-8-10-36-16-19)12-24-23-6-5-20-11-22(33)7-9-27(20,2)29(23,4)25(34)13-28(24,30)3/h7-11,16,21,23-25,34H,5-6,12-15,17H2,1-4H3/t21-,23-,24-,25-,27-,28-,29+,30-/m0/s1. The largest absolute Gasteiger partial charge is 0.472 e. The zero-order chi connectivity index (χ0) is 27.1. The van der Waals surface area contributed by atoms with Gasteiger partial charge in [0.2, 0.25) is 0 Å². The molecule has 0 spiro atoms. The number of allylic oxidation sites excluding steroid dienone is 4. The van der Waals surface area contributed by atoms with Crippen molar-refractivity contribution in [2.45, 2.75) is 71.6 Å². The van der Waals surface area contributed by atoms with Crippen molar-refractivity contribution in [3.63, 3.8) is 0 Å². The molecule has 38 heavy (non-hydrogen) atoms. The zero-order valence-corrected chi connectivity index (χ0v) is 23.4. The number of hydrogen-bond donors (Lipinski definition) is 1. The normalized spacial score (nSPS) is 43.7. The van der Waals surface area contributed by atoms with Gasteiger partial charge in [0.1, 0.15) is 0 Å². The van der Waals surface area contributed by atoms with Gasteiger partial charge in [0.25, 0.3) is 0 Å². The van der Waals surface area contributed by atoms with E-state index in [-0.39, 0.29) is 40.2 Å². The van der Waals surface area contributed by atoms with Crippen molar-refractivity contribution in [1.82, 2.24) is 5.06 Å². The van der Waals surface area contributed by atoms with E-state index in [0.717, 1.165) is 42.2 Å². The predicted octanol–water partition coefficient (Wildman–Crippen LogP) is 4.51. The van der Waals surface area contributed by atoms with E-state index in [4.69, 9.17) is 9.25 Å². The van der Waals surface area contributed by atoms with Gasteiger partial charge in [-0.2, -0.15) is 5.06 Å². The monoisotopic (exact) mass is 539 g/mol. The Hall–Kier alpha value is -2.00. The minimum absolute atomic E-state index is 0.0173. The molecule has 0 aromatic carbocycles. The van der Waals surface area contributed by atoms with Crippen LogP contribution in [0.5, 0.6) is 0 Å². The SMILES string of the molecule is CC(=O)SCC(=O)[C@@]12ON(Cc3ccoc3)C[C@@H]1C[C@H]1[C@@H]3CCC4=CC(=O)C=C[C@]4(C)[C@@]3(C)[C@@H](O)C[C@@]12C. The summed E-state index contributed by atoms with van der Waals surface area (Å²) in [5.41, 5.74) is -0.490. The molecule has 4 fully saturated rings. The number of aliphatic hydroxyl groups excluding tert-OH is 1. The van der Waals surface area contributed by atoms with Crippen LogP contribution in [0, 0.1) is 34.0 Å². The zero-order valence-electron chi connectivity index (χ0n) is 22.6. The highest BCUT2D eigenvalue weighted by atomic mass is 32.2. The fraction of sp³-hybridized carbons (Fsp3) is 0.633. The van der Waals surface area contributed by atoms with Gasteiger partial charge in [0.15, 0.2) is 22.3 Å². The second kappa shape index (κ2) is 8.75. The summed E-state index contributed by atoms with van der Waals surface area (Å²) in [5, 5.41) is 13.8. The van der Waals surface area contributed by atoms with Gasteiger partial charge in [-0.1, -0.05) is 44.2 Å². The first kappa shape index (κ1) is 26.2. The molecule has 8 atom stereocenters. The van der Waals surface area contributed by atoms with Crippen molar-refractivity contribution in [3.8, 4) is 0 Å². The van der Waals surface area contributed by atoms with Gasteiger partial charge in [-0.3, -0.25) is 19.2 Å². The molecule has 1 N–H and O–H groups in total. The van der Waals surface area contributed by atoms with Crippen LogP contribution in [0.4, 0.5) is 0 Å². The Labute approximate surface area is 228 Å². The number of nitrogens with zero attached hydrogens (tertiary/aromatic N) is 1. The van der Waals surface area contributed by atoms with Crippen LogP contribution in [-0.2, 0) is 25.8 Å². The Morgan fingerprint density at radius 1 is 1.24 bits per heavy atom. The molecule has 1 aromatic rings. The van der Waals surface area contributed by atoms with E-state index in [1.165, 1.54) is 6.92 Å². The number of rotatable bonds is 5. The van der Waals surface area contributed by atoms with Gasteiger partial charge in [0.05, 0.1) is 30.9 Å². The highest BCUT2D eigenvalue weighted by molar-refractivity contribution is 8.14. The molecule has 0 unspecified atom stereocenters. The number of fused-ring (bicyclic) bond motifs is 7.